The van der Waals surface area contributed by atoms with E-state index in [9.17, 15) is 0 Å². The maximum Gasteiger partial charge on any atom is 0.388 e. The molecule has 3 heteroatoms. The molecule has 0 aromatic heterocycles. The Morgan fingerprint density at radius 1 is 0.650 bits per heavy atom. The highest BCUT2D eigenvalue weighted by molar-refractivity contribution is 6.46. The van der Waals surface area contributed by atoms with E-state index in [1.54, 1.807) is 0 Å². The Bertz CT molecular complexity index is 219. The van der Waals surface area contributed by atoms with Crippen molar-refractivity contribution in [1.29, 1.82) is 0 Å². The molecule has 2 aliphatic carbocycles. The lowest BCUT2D eigenvalue weighted by Gasteiger charge is -2.35. The maximum atomic E-state index is 5.83. The van der Waals surface area contributed by atoms with Gasteiger partial charge in [-0.15, -0.1) is 0 Å². The van der Waals surface area contributed by atoms with E-state index in [0.29, 0.717) is 0 Å². The van der Waals surface area contributed by atoms with Crippen LogP contribution in [-0.4, -0.2) is 23.5 Å². The quantitative estimate of drug-likeness (QED) is 0.520. The van der Waals surface area contributed by atoms with E-state index in [4.69, 9.17) is 8.85 Å². The second-order valence-electron chi connectivity index (χ2n) is 6.76. The van der Waals surface area contributed by atoms with E-state index in [-0.39, 0.29) is 0 Å². The van der Waals surface area contributed by atoms with Crippen LogP contribution < -0.4 is 0 Å². The molecule has 2 saturated carbocycles. The minimum atomic E-state index is -1.09. The molecule has 0 saturated heterocycles. The summed E-state index contributed by atoms with van der Waals surface area (Å²) in [5.74, 6) is 1.74. The Kier molecular flexibility index (Phi) is 7.61. The second-order valence-corrected chi connectivity index (χ2v) is 8.88. The molecule has 0 N–H and O–H groups in total. The summed E-state index contributed by atoms with van der Waals surface area (Å²) in [7, 11) is 2.66. The largest absolute Gasteiger partial charge is 0.397 e. The normalized spacial score (nSPS) is 24.0. The average molecular weight is 298 g/mol. The van der Waals surface area contributed by atoms with Gasteiger partial charge in [0.25, 0.3) is 0 Å². The van der Waals surface area contributed by atoms with Gasteiger partial charge in [-0.1, -0.05) is 77.0 Å². The van der Waals surface area contributed by atoms with Gasteiger partial charge < -0.3 is 8.85 Å². The predicted octanol–water partition coefficient (Wildman–Crippen LogP) is 5.08. The van der Waals surface area contributed by atoms with Gasteiger partial charge in [-0.05, 0) is 11.8 Å². The molecule has 2 aliphatic rings. The third-order valence-electron chi connectivity index (χ3n) is 5.49. The molecule has 0 heterocycles. The highest BCUT2D eigenvalue weighted by atomic mass is 28.3. The van der Waals surface area contributed by atoms with Crippen molar-refractivity contribution in [1.82, 2.24) is 0 Å². The van der Waals surface area contributed by atoms with E-state index >= 15 is 0 Å². The van der Waals surface area contributed by atoms with Crippen LogP contribution in [0.25, 0.3) is 0 Å². The van der Waals surface area contributed by atoms with Crippen LogP contribution >= 0.6 is 0 Å². The van der Waals surface area contributed by atoms with Gasteiger partial charge in [0.1, 0.15) is 0 Å². The maximum absolute atomic E-state index is 5.83. The molecule has 1 radical (unpaired) electrons. The first-order valence-corrected chi connectivity index (χ1v) is 10.2. The summed E-state index contributed by atoms with van der Waals surface area (Å²) in [5, 5.41) is 0. The lowest BCUT2D eigenvalue weighted by atomic mass is 9.84. The standard InChI is InChI=1S/C17H33O2Si/c1-18-20(19-2)17(15-11-7-3-4-8-12-15)16-13-9-5-6-10-14-16/h15-17H,3-14H2,1-2H3. The predicted molar refractivity (Wildman–Crippen MR) is 85.9 cm³/mol. The summed E-state index contributed by atoms with van der Waals surface area (Å²) in [6.45, 7) is 0. The van der Waals surface area contributed by atoms with Gasteiger partial charge in [-0.3, -0.25) is 0 Å². The van der Waals surface area contributed by atoms with Crippen molar-refractivity contribution in [3.63, 3.8) is 0 Å². The summed E-state index contributed by atoms with van der Waals surface area (Å²) in [4.78, 5) is 0. The van der Waals surface area contributed by atoms with Crippen LogP contribution in [0, 0.1) is 11.8 Å². The zero-order chi connectivity index (χ0) is 14.2. The van der Waals surface area contributed by atoms with Gasteiger partial charge in [0.05, 0.1) is 0 Å². The lowest BCUT2D eigenvalue weighted by Crippen LogP contribution is -2.36. The Labute approximate surface area is 127 Å². The van der Waals surface area contributed by atoms with Gasteiger partial charge in [0.2, 0.25) is 0 Å². The molecule has 0 aromatic carbocycles. The SMILES string of the molecule is CO[Si](OC)C(C1CCCCCC1)C1CCCCCC1. The molecule has 0 unspecified atom stereocenters. The fourth-order valence-corrected chi connectivity index (χ4v) is 6.61. The molecule has 0 aromatic rings. The molecule has 0 atom stereocenters. The third kappa shape index (κ3) is 4.57. The van der Waals surface area contributed by atoms with Crippen molar-refractivity contribution >= 4 is 9.28 Å². The second kappa shape index (κ2) is 9.21. The minimum Gasteiger partial charge on any atom is -0.397 e. The van der Waals surface area contributed by atoms with Gasteiger partial charge in [-0.25, -0.2) is 0 Å². The average Bonchev–Trinajstić information content (AvgIpc) is 2.89. The van der Waals surface area contributed by atoms with Crippen LogP contribution in [0.15, 0.2) is 0 Å². The highest BCUT2D eigenvalue weighted by Gasteiger charge is 2.39. The number of rotatable bonds is 5. The Morgan fingerprint density at radius 2 is 1.00 bits per heavy atom. The van der Waals surface area contributed by atoms with Crippen LogP contribution in [0.4, 0.5) is 0 Å². The molecule has 0 amide bonds. The van der Waals surface area contributed by atoms with Crippen LogP contribution in [-0.2, 0) is 8.85 Å². The molecule has 117 valence electrons. The van der Waals surface area contributed by atoms with Gasteiger partial charge >= 0.3 is 9.28 Å². The highest BCUT2D eigenvalue weighted by Crippen LogP contribution is 2.44. The van der Waals surface area contributed by atoms with E-state index in [1.165, 1.54) is 77.0 Å². The van der Waals surface area contributed by atoms with Crippen molar-refractivity contribution in [3.8, 4) is 0 Å². The van der Waals surface area contributed by atoms with Crippen molar-refractivity contribution in [3.05, 3.63) is 0 Å². The lowest BCUT2D eigenvalue weighted by molar-refractivity contribution is 0.206. The summed E-state index contributed by atoms with van der Waals surface area (Å²) in [6, 6.07) is 0. The first kappa shape index (κ1) is 16.5. The van der Waals surface area contributed by atoms with E-state index in [2.05, 4.69) is 0 Å². The Balaban J connectivity index is 2.08. The molecule has 0 bridgehead atoms. The van der Waals surface area contributed by atoms with Crippen LogP contribution in [0.1, 0.15) is 77.0 Å². The van der Waals surface area contributed by atoms with Crippen LogP contribution in [0.3, 0.4) is 0 Å². The smallest absolute Gasteiger partial charge is 0.388 e. The molecular formula is C17H33O2Si. The van der Waals surface area contributed by atoms with Crippen molar-refractivity contribution in [2.24, 2.45) is 11.8 Å². The molecule has 2 rings (SSSR count). The van der Waals surface area contributed by atoms with Gasteiger partial charge in [0, 0.05) is 19.8 Å². The Hall–Kier alpha value is 0.137. The summed E-state index contributed by atoms with van der Waals surface area (Å²) in [6.07, 6.45) is 17.1. The van der Waals surface area contributed by atoms with Crippen LogP contribution in [0.5, 0.6) is 0 Å². The first-order valence-electron chi connectivity index (χ1n) is 8.81. The minimum absolute atomic E-state index is 0.728. The van der Waals surface area contributed by atoms with E-state index in [0.717, 1.165) is 17.4 Å². The molecular weight excluding hydrogens is 264 g/mol. The fraction of sp³-hybridized carbons (Fsp3) is 1.00. The molecule has 2 nitrogen and oxygen atoms in total. The first-order chi connectivity index (χ1) is 9.86. The number of hydrogen-bond donors (Lipinski definition) is 0. The topological polar surface area (TPSA) is 18.5 Å². The van der Waals surface area contributed by atoms with Crippen molar-refractivity contribution in [2.45, 2.75) is 82.6 Å². The zero-order valence-electron chi connectivity index (χ0n) is 13.5. The summed E-state index contributed by atoms with van der Waals surface area (Å²) in [5.41, 5.74) is 0.728. The monoisotopic (exact) mass is 297 g/mol. The molecule has 2 fully saturated rings. The van der Waals surface area contributed by atoms with E-state index < -0.39 is 9.28 Å². The number of hydrogen-bond acceptors (Lipinski definition) is 2. The fourth-order valence-electron chi connectivity index (χ4n) is 4.47. The molecule has 0 aliphatic heterocycles. The summed E-state index contributed by atoms with van der Waals surface area (Å²) >= 11 is 0. The zero-order valence-corrected chi connectivity index (χ0v) is 14.5. The third-order valence-corrected chi connectivity index (χ3v) is 7.78. The van der Waals surface area contributed by atoms with Crippen molar-refractivity contribution < 1.29 is 8.85 Å². The van der Waals surface area contributed by atoms with E-state index in [1.807, 2.05) is 14.2 Å². The van der Waals surface area contributed by atoms with Crippen LogP contribution in [0.2, 0.25) is 5.54 Å². The van der Waals surface area contributed by atoms with Crippen molar-refractivity contribution in [2.75, 3.05) is 14.2 Å². The summed E-state index contributed by atoms with van der Waals surface area (Å²) < 4.78 is 11.7. The Morgan fingerprint density at radius 3 is 1.30 bits per heavy atom. The van der Waals surface area contributed by atoms with Gasteiger partial charge in [0.15, 0.2) is 0 Å². The molecule has 20 heavy (non-hydrogen) atoms. The molecule has 0 spiro atoms. The van der Waals surface area contributed by atoms with Gasteiger partial charge in [-0.2, -0.15) is 0 Å².